The van der Waals surface area contributed by atoms with Crippen LogP contribution >= 0.6 is 0 Å². The van der Waals surface area contributed by atoms with E-state index >= 15 is 0 Å². The lowest BCUT2D eigenvalue weighted by Crippen LogP contribution is -2.31. The average Bonchev–Trinajstić information content (AvgIpc) is 2.67. The highest BCUT2D eigenvalue weighted by atomic mass is 16.7. The van der Waals surface area contributed by atoms with Crippen LogP contribution in [0.3, 0.4) is 0 Å². The largest absolute Gasteiger partial charge is 0.513 e. The van der Waals surface area contributed by atoms with Gasteiger partial charge in [-0.2, -0.15) is 5.26 Å². The molecule has 1 aromatic carbocycles. The molecule has 0 saturated heterocycles. The number of amides is 1. The standard InChI is InChI=1S/C21H27N3O7/c1-6-23(7-2)19(26)15(13-22)10-14-11-16(24(28)29)18(25)17(12-14)31-20(27)30-9-8-21(3,4)5/h10-12,25H,6-9H2,1-5H3. The highest BCUT2D eigenvalue weighted by Crippen LogP contribution is 2.38. The van der Waals surface area contributed by atoms with Crippen LogP contribution < -0.4 is 4.74 Å². The lowest BCUT2D eigenvalue weighted by molar-refractivity contribution is -0.385. The van der Waals surface area contributed by atoms with Crippen molar-refractivity contribution in [3.8, 4) is 17.6 Å². The quantitative estimate of drug-likeness (QED) is 0.162. The molecule has 1 N–H and O–H groups in total. The van der Waals surface area contributed by atoms with E-state index in [-0.39, 0.29) is 23.2 Å². The molecule has 31 heavy (non-hydrogen) atoms. The van der Waals surface area contributed by atoms with E-state index in [1.807, 2.05) is 20.8 Å². The fourth-order valence-corrected chi connectivity index (χ4v) is 2.46. The lowest BCUT2D eigenvalue weighted by atomic mass is 9.93. The van der Waals surface area contributed by atoms with E-state index in [4.69, 9.17) is 9.47 Å². The first-order valence-electron chi connectivity index (χ1n) is 9.70. The molecule has 10 nitrogen and oxygen atoms in total. The first-order valence-corrected chi connectivity index (χ1v) is 9.70. The third kappa shape index (κ3) is 7.62. The summed E-state index contributed by atoms with van der Waals surface area (Å²) in [5.74, 6) is -1.94. The van der Waals surface area contributed by atoms with E-state index in [9.17, 15) is 30.1 Å². The van der Waals surface area contributed by atoms with Gasteiger partial charge in [-0.15, -0.1) is 0 Å². The third-order valence-electron chi connectivity index (χ3n) is 4.25. The summed E-state index contributed by atoms with van der Waals surface area (Å²) in [6.45, 7) is 10.2. The van der Waals surface area contributed by atoms with Crippen molar-refractivity contribution in [2.24, 2.45) is 5.41 Å². The number of phenolic OH excluding ortho intramolecular Hbond substituents is 1. The van der Waals surface area contributed by atoms with Gasteiger partial charge < -0.3 is 19.5 Å². The molecule has 0 aliphatic rings. The van der Waals surface area contributed by atoms with Gasteiger partial charge in [0.1, 0.15) is 11.6 Å². The highest BCUT2D eigenvalue weighted by Gasteiger charge is 2.24. The predicted molar refractivity (Wildman–Crippen MR) is 112 cm³/mol. The number of aromatic hydroxyl groups is 1. The molecule has 1 aromatic rings. The predicted octanol–water partition coefficient (Wildman–Crippen LogP) is 4.03. The van der Waals surface area contributed by atoms with Gasteiger partial charge in [-0.3, -0.25) is 14.9 Å². The minimum Gasteiger partial charge on any atom is -0.499 e. The van der Waals surface area contributed by atoms with Crippen LogP contribution in [-0.4, -0.2) is 46.7 Å². The number of rotatable bonds is 8. The van der Waals surface area contributed by atoms with Crippen molar-refractivity contribution in [1.29, 1.82) is 5.26 Å². The van der Waals surface area contributed by atoms with Gasteiger partial charge in [-0.1, -0.05) is 20.8 Å². The number of likely N-dealkylation sites (N-methyl/N-ethyl adjacent to an activating group) is 1. The molecule has 0 spiro atoms. The Hall–Kier alpha value is -3.61. The summed E-state index contributed by atoms with van der Waals surface area (Å²) in [4.78, 5) is 36.2. The molecule has 1 rings (SSSR count). The van der Waals surface area contributed by atoms with Crippen molar-refractivity contribution in [3.05, 3.63) is 33.4 Å². The maximum Gasteiger partial charge on any atom is 0.513 e. The lowest BCUT2D eigenvalue weighted by Gasteiger charge is -2.18. The number of phenols is 1. The number of benzene rings is 1. The number of nitriles is 1. The van der Waals surface area contributed by atoms with Crippen LogP contribution in [0.5, 0.6) is 11.5 Å². The Bertz CT molecular complexity index is 907. The van der Waals surface area contributed by atoms with Gasteiger partial charge in [-0.25, -0.2) is 4.79 Å². The first kappa shape index (κ1) is 25.4. The minimum atomic E-state index is -1.14. The first-order chi connectivity index (χ1) is 14.4. The molecule has 0 aliphatic carbocycles. The average molecular weight is 433 g/mol. The van der Waals surface area contributed by atoms with Crippen LogP contribution in [0.4, 0.5) is 10.5 Å². The molecule has 0 aromatic heterocycles. The summed E-state index contributed by atoms with van der Waals surface area (Å²) in [5, 5.41) is 30.8. The topological polar surface area (TPSA) is 143 Å². The van der Waals surface area contributed by atoms with Crippen LogP contribution in [0, 0.1) is 26.9 Å². The maximum atomic E-state index is 12.4. The van der Waals surface area contributed by atoms with E-state index in [1.165, 1.54) is 4.90 Å². The Morgan fingerprint density at radius 2 is 1.90 bits per heavy atom. The van der Waals surface area contributed by atoms with Gasteiger partial charge in [0.15, 0.2) is 5.75 Å². The molecule has 0 aliphatic heterocycles. The fourth-order valence-electron chi connectivity index (χ4n) is 2.46. The van der Waals surface area contributed by atoms with Gasteiger partial charge in [0, 0.05) is 19.2 Å². The fraction of sp³-hybridized carbons (Fsp3) is 0.476. The van der Waals surface area contributed by atoms with Gasteiger partial charge >= 0.3 is 11.8 Å². The van der Waals surface area contributed by atoms with Gasteiger partial charge in [0.2, 0.25) is 5.75 Å². The maximum absolute atomic E-state index is 12.4. The normalized spacial score (nSPS) is 11.4. The number of carbonyl (C=O) groups is 2. The number of nitrogens with zero attached hydrogens (tertiary/aromatic N) is 3. The SMILES string of the molecule is CCN(CC)C(=O)C(C#N)=Cc1cc(OC(=O)OCCC(C)(C)C)c(O)c([N+](=O)[O-])c1. The Morgan fingerprint density at radius 1 is 1.29 bits per heavy atom. The smallest absolute Gasteiger partial charge is 0.499 e. The van der Waals surface area contributed by atoms with Crippen LogP contribution in [-0.2, 0) is 9.53 Å². The molecule has 0 heterocycles. The van der Waals surface area contributed by atoms with Gasteiger partial charge in [0.05, 0.1) is 11.5 Å². The van der Waals surface area contributed by atoms with Crippen molar-refractivity contribution < 1.29 is 29.1 Å². The highest BCUT2D eigenvalue weighted by molar-refractivity contribution is 6.01. The van der Waals surface area contributed by atoms with Gasteiger partial charge in [-0.05, 0) is 43.4 Å². The Labute approximate surface area is 180 Å². The summed E-state index contributed by atoms with van der Waals surface area (Å²) in [7, 11) is 0. The molecule has 0 saturated carbocycles. The van der Waals surface area contributed by atoms with Crippen molar-refractivity contribution >= 4 is 23.8 Å². The Kier molecular flexibility index (Phi) is 8.99. The molecule has 0 radical (unpaired) electrons. The number of nitro benzene ring substituents is 1. The number of hydrogen-bond donors (Lipinski definition) is 1. The zero-order valence-electron chi connectivity index (χ0n) is 18.3. The molecule has 0 fully saturated rings. The number of nitro groups is 1. The summed E-state index contributed by atoms with van der Waals surface area (Å²) in [6.07, 6.45) is 0.538. The number of ether oxygens (including phenoxy) is 2. The van der Waals surface area contributed by atoms with Gasteiger partial charge in [0.25, 0.3) is 5.91 Å². The van der Waals surface area contributed by atoms with Crippen LogP contribution in [0.25, 0.3) is 6.08 Å². The molecule has 10 heteroatoms. The zero-order valence-corrected chi connectivity index (χ0v) is 18.3. The summed E-state index contributed by atoms with van der Waals surface area (Å²) >= 11 is 0. The molecule has 0 atom stereocenters. The van der Waals surface area contributed by atoms with E-state index < -0.39 is 34.2 Å². The van der Waals surface area contributed by atoms with Crippen LogP contribution in [0.15, 0.2) is 17.7 Å². The number of hydrogen-bond acceptors (Lipinski definition) is 8. The second-order valence-electron chi connectivity index (χ2n) is 7.80. The third-order valence-corrected chi connectivity index (χ3v) is 4.25. The van der Waals surface area contributed by atoms with Crippen LogP contribution in [0.2, 0.25) is 0 Å². The van der Waals surface area contributed by atoms with E-state index in [2.05, 4.69) is 0 Å². The minimum absolute atomic E-state index is 0.0269. The van der Waals surface area contributed by atoms with E-state index in [0.29, 0.717) is 19.5 Å². The summed E-state index contributed by atoms with van der Waals surface area (Å²) < 4.78 is 9.88. The van der Waals surface area contributed by atoms with Crippen molar-refractivity contribution in [1.82, 2.24) is 4.90 Å². The number of carbonyl (C=O) groups excluding carboxylic acids is 2. The molecule has 0 unspecified atom stereocenters. The molecular weight excluding hydrogens is 406 g/mol. The molecule has 0 bridgehead atoms. The summed E-state index contributed by atoms with van der Waals surface area (Å²) in [6, 6.07) is 3.85. The molecule has 1 amide bonds. The monoisotopic (exact) mass is 433 g/mol. The van der Waals surface area contributed by atoms with Crippen molar-refractivity contribution in [2.45, 2.75) is 41.0 Å². The van der Waals surface area contributed by atoms with Crippen LogP contribution in [0.1, 0.15) is 46.6 Å². The molecule has 168 valence electrons. The van der Waals surface area contributed by atoms with E-state index in [1.54, 1.807) is 19.9 Å². The Morgan fingerprint density at radius 3 is 2.39 bits per heavy atom. The second-order valence-corrected chi connectivity index (χ2v) is 7.80. The van der Waals surface area contributed by atoms with E-state index in [0.717, 1.165) is 18.2 Å². The summed E-state index contributed by atoms with van der Waals surface area (Å²) in [5.41, 5.74) is -1.07. The Balaban J connectivity index is 3.25. The van der Waals surface area contributed by atoms with Crippen molar-refractivity contribution in [2.75, 3.05) is 19.7 Å². The zero-order chi connectivity index (χ0) is 23.8. The molecular formula is C21H27N3O7. The van der Waals surface area contributed by atoms with Crippen molar-refractivity contribution in [3.63, 3.8) is 0 Å². The second kappa shape index (κ2) is 11.0.